The van der Waals surface area contributed by atoms with Crippen LogP contribution in [0.25, 0.3) is 0 Å². The van der Waals surface area contributed by atoms with Crippen LogP contribution in [0.15, 0.2) is 42.5 Å². The van der Waals surface area contributed by atoms with E-state index in [-0.39, 0.29) is 0 Å². The van der Waals surface area contributed by atoms with E-state index in [0.717, 1.165) is 12.1 Å². The summed E-state index contributed by atoms with van der Waals surface area (Å²) < 4.78 is 0. The molecular weight excluding hydrogens is 244 g/mol. The lowest BCUT2D eigenvalue weighted by Gasteiger charge is -2.16. The lowest BCUT2D eigenvalue weighted by Crippen LogP contribution is -2.18. The minimum absolute atomic E-state index is 0.291. The van der Waals surface area contributed by atoms with Gasteiger partial charge in [-0.1, -0.05) is 41.5 Å². The highest BCUT2D eigenvalue weighted by molar-refractivity contribution is 5.33. The van der Waals surface area contributed by atoms with Crippen molar-refractivity contribution in [3.05, 3.63) is 70.3 Å². The second-order valence-electron chi connectivity index (χ2n) is 5.34. The highest BCUT2D eigenvalue weighted by Gasteiger charge is 2.06. The molecule has 0 aromatic heterocycles. The number of nitriles is 1. The molecular formula is C18H20N2. The van der Waals surface area contributed by atoms with Gasteiger partial charge in [-0.05, 0) is 44.0 Å². The van der Waals surface area contributed by atoms with Gasteiger partial charge in [0.15, 0.2) is 0 Å². The first-order chi connectivity index (χ1) is 9.58. The largest absolute Gasteiger partial charge is 0.306 e. The number of benzene rings is 2. The molecule has 0 aliphatic rings. The van der Waals surface area contributed by atoms with E-state index in [1.54, 1.807) is 0 Å². The van der Waals surface area contributed by atoms with Gasteiger partial charge in [-0.3, -0.25) is 0 Å². The summed E-state index contributed by atoms with van der Waals surface area (Å²) in [4.78, 5) is 0. The minimum atomic E-state index is 0.291. The summed E-state index contributed by atoms with van der Waals surface area (Å²) in [6, 6.07) is 16.8. The van der Waals surface area contributed by atoms with E-state index >= 15 is 0 Å². The lowest BCUT2D eigenvalue weighted by atomic mass is 10.0. The van der Waals surface area contributed by atoms with Gasteiger partial charge in [-0.25, -0.2) is 0 Å². The molecule has 0 bridgehead atoms. The Balaban J connectivity index is 2.04. The summed E-state index contributed by atoms with van der Waals surface area (Å²) in [5, 5.41) is 12.4. The van der Waals surface area contributed by atoms with Crippen LogP contribution in [0.1, 0.15) is 40.8 Å². The van der Waals surface area contributed by atoms with Gasteiger partial charge in [-0.2, -0.15) is 5.26 Å². The number of aryl methyl sites for hydroxylation is 2. The fourth-order valence-electron chi connectivity index (χ4n) is 2.40. The molecule has 2 aromatic rings. The molecule has 0 aliphatic heterocycles. The Hall–Kier alpha value is -2.11. The average molecular weight is 264 g/mol. The standard InChI is InChI=1S/C18H20N2/c1-13-7-14(2)9-18(8-13)15(3)20-12-17-6-4-5-16(10-17)11-19/h4-10,15,20H,12H2,1-3H3. The second-order valence-corrected chi connectivity index (χ2v) is 5.34. The molecule has 0 amide bonds. The molecule has 2 nitrogen and oxygen atoms in total. The molecule has 1 N–H and O–H groups in total. The maximum atomic E-state index is 8.91. The van der Waals surface area contributed by atoms with Crippen LogP contribution in [0.2, 0.25) is 0 Å². The van der Waals surface area contributed by atoms with E-state index < -0.39 is 0 Å². The Morgan fingerprint density at radius 1 is 1.10 bits per heavy atom. The summed E-state index contributed by atoms with van der Waals surface area (Å²) in [7, 11) is 0. The molecule has 2 aromatic carbocycles. The summed E-state index contributed by atoms with van der Waals surface area (Å²) in [6.45, 7) is 7.19. The molecule has 20 heavy (non-hydrogen) atoms. The van der Waals surface area contributed by atoms with Gasteiger partial charge in [-0.15, -0.1) is 0 Å². The Kier molecular flexibility index (Phi) is 4.55. The summed E-state index contributed by atoms with van der Waals surface area (Å²) in [5.41, 5.74) is 5.74. The number of nitrogens with one attached hydrogen (secondary N) is 1. The van der Waals surface area contributed by atoms with Crippen LogP contribution in [0.3, 0.4) is 0 Å². The van der Waals surface area contributed by atoms with Crippen molar-refractivity contribution in [2.24, 2.45) is 0 Å². The van der Waals surface area contributed by atoms with Gasteiger partial charge >= 0.3 is 0 Å². The van der Waals surface area contributed by atoms with E-state index in [2.05, 4.69) is 50.4 Å². The van der Waals surface area contributed by atoms with Crippen molar-refractivity contribution >= 4 is 0 Å². The van der Waals surface area contributed by atoms with Gasteiger partial charge in [0.05, 0.1) is 11.6 Å². The Labute approximate surface area is 121 Å². The maximum Gasteiger partial charge on any atom is 0.0991 e. The highest BCUT2D eigenvalue weighted by atomic mass is 14.9. The number of hydrogen-bond acceptors (Lipinski definition) is 2. The van der Waals surface area contributed by atoms with Crippen LogP contribution in [-0.4, -0.2) is 0 Å². The smallest absolute Gasteiger partial charge is 0.0991 e. The third-order valence-electron chi connectivity index (χ3n) is 3.41. The summed E-state index contributed by atoms with van der Waals surface area (Å²) >= 11 is 0. The zero-order valence-corrected chi connectivity index (χ0v) is 12.3. The molecule has 0 saturated carbocycles. The quantitative estimate of drug-likeness (QED) is 0.905. The Morgan fingerprint density at radius 3 is 2.45 bits per heavy atom. The van der Waals surface area contributed by atoms with E-state index in [4.69, 9.17) is 5.26 Å². The summed E-state index contributed by atoms with van der Waals surface area (Å²) in [5.74, 6) is 0. The molecule has 0 heterocycles. The molecule has 0 fully saturated rings. The first-order valence-corrected chi connectivity index (χ1v) is 6.89. The SMILES string of the molecule is Cc1cc(C)cc(C(C)NCc2cccc(C#N)c2)c1. The second kappa shape index (κ2) is 6.36. The van der Waals surface area contributed by atoms with Crippen LogP contribution in [0.5, 0.6) is 0 Å². The van der Waals surface area contributed by atoms with E-state index in [9.17, 15) is 0 Å². The van der Waals surface area contributed by atoms with Crippen LogP contribution >= 0.6 is 0 Å². The number of nitrogens with zero attached hydrogens (tertiary/aromatic N) is 1. The van der Waals surface area contributed by atoms with Gasteiger partial charge in [0.1, 0.15) is 0 Å². The first-order valence-electron chi connectivity index (χ1n) is 6.89. The van der Waals surface area contributed by atoms with Gasteiger partial charge < -0.3 is 5.32 Å². The monoisotopic (exact) mass is 264 g/mol. The normalized spacial score (nSPS) is 11.9. The van der Waals surface area contributed by atoms with Crippen molar-refractivity contribution < 1.29 is 0 Å². The number of rotatable bonds is 4. The van der Waals surface area contributed by atoms with E-state index in [0.29, 0.717) is 11.6 Å². The fraction of sp³-hybridized carbons (Fsp3) is 0.278. The molecule has 0 aliphatic carbocycles. The lowest BCUT2D eigenvalue weighted by molar-refractivity contribution is 0.574. The molecule has 0 spiro atoms. The van der Waals surface area contributed by atoms with Gasteiger partial charge in [0, 0.05) is 12.6 Å². The maximum absolute atomic E-state index is 8.91. The topological polar surface area (TPSA) is 35.8 Å². The molecule has 0 radical (unpaired) electrons. The average Bonchev–Trinajstić information content (AvgIpc) is 2.44. The van der Waals surface area contributed by atoms with Gasteiger partial charge in [0.25, 0.3) is 0 Å². The van der Waals surface area contributed by atoms with E-state index in [1.165, 1.54) is 16.7 Å². The zero-order valence-electron chi connectivity index (χ0n) is 12.3. The molecule has 0 saturated heterocycles. The van der Waals surface area contributed by atoms with Crippen molar-refractivity contribution in [3.8, 4) is 6.07 Å². The predicted octanol–water partition coefficient (Wildman–Crippen LogP) is 4.03. The van der Waals surface area contributed by atoms with Crippen LogP contribution in [0.4, 0.5) is 0 Å². The zero-order chi connectivity index (χ0) is 14.5. The number of hydrogen-bond donors (Lipinski definition) is 1. The van der Waals surface area contributed by atoms with Crippen LogP contribution in [0, 0.1) is 25.2 Å². The van der Waals surface area contributed by atoms with Crippen molar-refractivity contribution in [1.29, 1.82) is 5.26 Å². The van der Waals surface area contributed by atoms with Gasteiger partial charge in [0.2, 0.25) is 0 Å². The van der Waals surface area contributed by atoms with Crippen LogP contribution in [-0.2, 0) is 6.54 Å². The van der Waals surface area contributed by atoms with E-state index in [1.807, 2.05) is 24.3 Å². The van der Waals surface area contributed by atoms with Crippen molar-refractivity contribution in [2.75, 3.05) is 0 Å². The molecule has 2 rings (SSSR count). The van der Waals surface area contributed by atoms with Crippen LogP contribution < -0.4 is 5.32 Å². The Bertz CT molecular complexity index is 618. The molecule has 1 unspecified atom stereocenters. The highest BCUT2D eigenvalue weighted by Crippen LogP contribution is 2.17. The summed E-state index contributed by atoms with van der Waals surface area (Å²) in [6.07, 6.45) is 0. The molecule has 1 atom stereocenters. The minimum Gasteiger partial charge on any atom is -0.306 e. The first kappa shape index (κ1) is 14.3. The third kappa shape index (κ3) is 3.69. The fourth-order valence-corrected chi connectivity index (χ4v) is 2.40. The Morgan fingerprint density at radius 2 is 1.80 bits per heavy atom. The van der Waals surface area contributed by atoms with Crippen molar-refractivity contribution in [3.63, 3.8) is 0 Å². The third-order valence-corrected chi connectivity index (χ3v) is 3.41. The predicted molar refractivity (Wildman–Crippen MR) is 82.3 cm³/mol. The van der Waals surface area contributed by atoms with Crippen molar-refractivity contribution in [2.45, 2.75) is 33.4 Å². The molecule has 102 valence electrons. The van der Waals surface area contributed by atoms with Crippen molar-refractivity contribution in [1.82, 2.24) is 5.32 Å². The molecule has 2 heteroatoms.